The SMILES string of the molecule is CCC[C@@](C#N)(NC(C)=O)c1ccccc1. The molecular weight excluding hydrogens is 200 g/mol. The largest absolute Gasteiger partial charge is 0.334 e. The molecule has 0 fully saturated rings. The van der Waals surface area contributed by atoms with Gasteiger partial charge < -0.3 is 5.32 Å². The van der Waals surface area contributed by atoms with Crippen LogP contribution in [-0.2, 0) is 10.3 Å². The van der Waals surface area contributed by atoms with Crippen molar-refractivity contribution in [3.8, 4) is 6.07 Å². The number of nitrogens with one attached hydrogen (secondary N) is 1. The van der Waals surface area contributed by atoms with Gasteiger partial charge in [0.15, 0.2) is 5.54 Å². The zero-order valence-electron chi connectivity index (χ0n) is 9.66. The molecule has 1 atom stereocenters. The third-order valence-electron chi connectivity index (χ3n) is 2.47. The third kappa shape index (κ3) is 2.60. The molecule has 3 nitrogen and oxygen atoms in total. The second kappa shape index (κ2) is 5.32. The Labute approximate surface area is 96.1 Å². The Morgan fingerprint density at radius 1 is 1.44 bits per heavy atom. The molecule has 1 aromatic carbocycles. The van der Waals surface area contributed by atoms with Gasteiger partial charge in [-0.2, -0.15) is 5.26 Å². The molecule has 0 aliphatic heterocycles. The van der Waals surface area contributed by atoms with E-state index in [4.69, 9.17) is 0 Å². The summed E-state index contributed by atoms with van der Waals surface area (Å²) in [5, 5.41) is 12.1. The molecule has 0 aliphatic rings. The molecule has 3 heteroatoms. The Bertz CT molecular complexity index is 394. The van der Waals surface area contributed by atoms with E-state index in [1.54, 1.807) is 0 Å². The van der Waals surface area contributed by atoms with Gasteiger partial charge >= 0.3 is 0 Å². The van der Waals surface area contributed by atoms with Crippen molar-refractivity contribution in [1.82, 2.24) is 5.32 Å². The fraction of sp³-hybridized carbons (Fsp3) is 0.385. The summed E-state index contributed by atoms with van der Waals surface area (Å²) in [5.74, 6) is -0.182. The van der Waals surface area contributed by atoms with E-state index in [9.17, 15) is 10.1 Å². The lowest BCUT2D eigenvalue weighted by Gasteiger charge is -2.27. The zero-order valence-corrected chi connectivity index (χ0v) is 9.66. The third-order valence-corrected chi connectivity index (χ3v) is 2.47. The number of nitriles is 1. The lowest BCUT2D eigenvalue weighted by atomic mass is 9.87. The van der Waals surface area contributed by atoms with Crippen LogP contribution in [0.15, 0.2) is 30.3 Å². The highest BCUT2D eigenvalue weighted by atomic mass is 16.1. The van der Waals surface area contributed by atoms with Gasteiger partial charge in [0.2, 0.25) is 5.91 Å². The van der Waals surface area contributed by atoms with Gasteiger partial charge in [-0.05, 0) is 12.0 Å². The first kappa shape index (κ1) is 12.3. The van der Waals surface area contributed by atoms with Crippen LogP contribution in [0.1, 0.15) is 32.3 Å². The highest BCUT2D eigenvalue weighted by Gasteiger charge is 2.31. The van der Waals surface area contributed by atoms with Crippen molar-refractivity contribution in [3.05, 3.63) is 35.9 Å². The topological polar surface area (TPSA) is 52.9 Å². The number of hydrogen-bond donors (Lipinski definition) is 1. The first-order valence-corrected chi connectivity index (χ1v) is 5.40. The summed E-state index contributed by atoms with van der Waals surface area (Å²) in [7, 11) is 0. The number of hydrogen-bond acceptors (Lipinski definition) is 2. The molecule has 0 bridgehead atoms. The van der Waals surface area contributed by atoms with Gasteiger partial charge in [0.05, 0.1) is 6.07 Å². The average molecular weight is 216 g/mol. The predicted octanol–water partition coefficient (Wildman–Crippen LogP) is 2.34. The Balaban J connectivity index is 3.13. The van der Waals surface area contributed by atoms with Crippen LogP contribution in [0.2, 0.25) is 0 Å². The van der Waals surface area contributed by atoms with Gasteiger partial charge in [-0.1, -0.05) is 43.7 Å². The molecule has 16 heavy (non-hydrogen) atoms. The average Bonchev–Trinajstić information content (AvgIpc) is 2.29. The second-order valence-corrected chi connectivity index (χ2v) is 3.81. The number of rotatable bonds is 4. The monoisotopic (exact) mass is 216 g/mol. The summed E-state index contributed by atoms with van der Waals surface area (Å²) in [5.41, 5.74) is -0.0449. The molecule has 0 radical (unpaired) electrons. The van der Waals surface area contributed by atoms with Crippen molar-refractivity contribution >= 4 is 5.91 Å². The fourth-order valence-electron chi connectivity index (χ4n) is 1.83. The molecule has 1 N–H and O–H groups in total. The summed E-state index contributed by atoms with van der Waals surface area (Å²) in [6, 6.07) is 11.6. The van der Waals surface area contributed by atoms with Gasteiger partial charge in [0.1, 0.15) is 0 Å². The Morgan fingerprint density at radius 3 is 2.50 bits per heavy atom. The lowest BCUT2D eigenvalue weighted by molar-refractivity contribution is -0.120. The van der Waals surface area contributed by atoms with Crippen molar-refractivity contribution in [2.45, 2.75) is 32.2 Å². The summed E-state index contributed by atoms with van der Waals surface area (Å²) in [4.78, 5) is 11.2. The van der Waals surface area contributed by atoms with Crippen molar-refractivity contribution in [1.29, 1.82) is 5.26 Å². The highest BCUT2D eigenvalue weighted by Crippen LogP contribution is 2.25. The van der Waals surface area contributed by atoms with Crippen LogP contribution in [0.25, 0.3) is 0 Å². The summed E-state index contributed by atoms with van der Waals surface area (Å²) in [6.07, 6.45) is 1.45. The van der Waals surface area contributed by atoms with Crippen LogP contribution < -0.4 is 5.32 Å². The van der Waals surface area contributed by atoms with Gasteiger partial charge in [-0.25, -0.2) is 0 Å². The van der Waals surface area contributed by atoms with Crippen LogP contribution in [0.5, 0.6) is 0 Å². The van der Waals surface area contributed by atoms with Crippen molar-refractivity contribution < 1.29 is 4.79 Å². The van der Waals surface area contributed by atoms with E-state index >= 15 is 0 Å². The maximum atomic E-state index is 11.2. The Hall–Kier alpha value is -1.82. The standard InChI is InChI=1S/C13H16N2O/c1-3-9-13(10-14,15-11(2)16)12-7-5-4-6-8-12/h4-8H,3,9H2,1-2H3,(H,15,16)/t13-/m0/s1. The maximum Gasteiger partial charge on any atom is 0.218 e. The Kier molecular flexibility index (Phi) is 4.07. The molecule has 0 heterocycles. The number of amides is 1. The molecule has 1 amide bonds. The minimum Gasteiger partial charge on any atom is -0.334 e. The van der Waals surface area contributed by atoms with Crippen LogP contribution in [-0.4, -0.2) is 5.91 Å². The summed E-state index contributed by atoms with van der Waals surface area (Å²) in [6.45, 7) is 3.43. The molecule has 0 aromatic heterocycles. The van der Waals surface area contributed by atoms with Gasteiger partial charge in [0.25, 0.3) is 0 Å². The molecule has 1 aromatic rings. The van der Waals surface area contributed by atoms with Gasteiger partial charge in [-0.15, -0.1) is 0 Å². The molecule has 0 saturated heterocycles. The zero-order chi connectivity index (χ0) is 12.0. The fourth-order valence-corrected chi connectivity index (χ4v) is 1.83. The number of carbonyl (C=O) groups excluding carboxylic acids is 1. The van der Waals surface area contributed by atoms with E-state index < -0.39 is 5.54 Å². The van der Waals surface area contributed by atoms with Crippen molar-refractivity contribution in [3.63, 3.8) is 0 Å². The number of carbonyl (C=O) groups is 1. The molecule has 0 spiro atoms. The van der Waals surface area contributed by atoms with Crippen molar-refractivity contribution in [2.24, 2.45) is 0 Å². The normalized spacial score (nSPS) is 13.6. The van der Waals surface area contributed by atoms with Crippen LogP contribution in [0.3, 0.4) is 0 Å². The Morgan fingerprint density at radius 2 is 2.06 bits per heavy atom. The quantitative estimate of drug-likeness (QED) is 0.839. The van der Waals surface area contributed by atoms with E-state index in [0.717, 1.165) is 12.0 Å². The smallest absolute Gasteiger partial charge is 0.218 e. The minimum absolute atomic E-state index is 0.182. The first-order valence-electron chi connectivity index (χ1n) is 5.40. The number of nitrogens with zero attached hydrogens (tertiary/aromatic N) is 1. The van der Waals surface area contributed by atoms with E-state index in [2.05, 4.69) is 11.4 Å². The van der Waals surface area contributed by atoms with Crippen LogP contribution >= 0.6 is 0 Å². The maximum absolute atomic E-state index is 11.2. The van der Waals surface area contributed by atoms with E-state index in [-0.39, 0.29) is 5.91 Å². The summed E-state index contributed by atoms with van der Waals surface area (Å²) < 4.78 is 0. The van der Waals surface area contributed by atoms with E-state index in [0.29, 0.717) is 6.42 Å². The highest BCUT2D eigenvalue weighted by molar-refractivity contribution is 5.74. The molecule has 0 unspecified atom stereocenters. The first-order chi connectivity index (χ1) is 7.64. The lowest BCUT2D eigenvalue weighted by Crippen LogP contribution is -2.43. The van der Waals surface area contributed by atoms with E-state index in [1.807, 2.05) is 37.3 Å². The molecular formula is C13H16N2O. The second-order valence-electron chi connectivity index (χ2n) is 3.81. The molecule has 0 aliphatic carbocycles. The molecule has 0 saturated carbocycles. The van der Waals surface area contributed by atoms with Crippen molar-refractivity contribution in [2.75, 3.05) is 0 Å². The van der Waals surface area contributed by atoms with E-state index in [1.165, 1.54) is 6.92 Å². The molecule has 1 rings (SSSR count). The van der Waals surface area contributed by atoms with Gasteiger partial charge in [0, 0.05) is 6.92 Å². The van der Waals surface area contributed by atoms with Gasteiger partial charge in [-0.3, -0.25) is 4.79 Å². The summed E-state index contributed by atoms with van der Waals surface area (Å²) >= 11 is 0. The molecule has 84 valence electrons. The van der Waals surface area contributed by atoms with Crippen LogP contribution in [0.4, 0.5) is 0 Å². The number of benzene rings is 1. The van der Waals surface area contributed by atoms with Crippen LogP contribution in [0, 0.1) is 11.3 Å². The predicted molar refractivity (Wildman–Crippen MR) is 62.5 cm³/mol. The minimum atomic E-state index is -0.887.